The smallest absolute Gasteiger partial charge is 0.339 e. The fourth-order valence-electron chi connectivity index (χ4n) is 1.42. The number of nitrogens with two attached hydrogens (primary N) is 1. The normalized spacial score (nSPS) is 11.1. The van der Waals surface area contributed by atoms with Gasteiger partial charge in [-0.3, -0.25) is 9.59 Å². The Hall–Kier alpha value is -2.32. The van der Waals surface area contributed by atoms with Gasteiger partial charge in [0.15, 0.2) is 0 Å². The molecule has 6 N–H and O–H groups in total. The number of aromatic carboxylic acids is 1. The van der Waals surface area contributed by atoms with Crippen LogP contribution in [0.3, 0.4) is 0 Å². The summed E-state index contributed by atoms with van der Waals surface area (Å²) in [6.07, 6.45) is -0.151. The first-order valence-corrected chi connectivity index (χ1v) is 5.66. The van der Waals surface area contributed by atoms with E-state index in [4.69, 9.17) is 15.9 Å². The molecule has 0 radical (unpaired) electrons. The molecule has 0 aromatic heterocycles. The van der Waals surface area contributed by atoms with Crippen LogP contribution in [0.5, 0.6) is 5.75 Å². The highest BCUT2D eigenvalue weighted by Crippen LogP contribution is 2.21. The molecule has 0 spiro atoms. The van der Waals surface area contributed by atoms with Gasteiger partial charge in [0.05, 0.1) is 0 Å². The van der Waals surface area contributed by atoms with Gasteiger partial charge in [-0.2, -0.15) is 0 Å². The molecule has 0 bridgehead atoms. The number of carboxylic acid groups (broad SMARTS) is 2. The summed E-state index contributed by atoms with van der Waals surface area (Å²) in [4.78, 5) is 32.8. The molecule has 21 heavy (non-hydrogen) atoms. The molecule has 0 aliphatic heterocycles. The first kappa shape index (κ1) is 18.7. The zero-order chi connectivity index (χ0) is 15.3. The molecule has 0 saturated heterocycles. The lowest BCUT2D eigenvalue weighted by Gasteiger charge is -2.08. The molecular formula is C12H15ClN2O6. The van der Waals surface area contributed by atoms with Gasteiger partial charge in [0, 0.05) is 12.1 Å². The summed E-state index contributed by atoms with van der Waals surface area (Å²) in [5.41, 5.74) is 5.10. The van der Waals surface area contributed by atoms with E-state index in [2.05, 4.69) is 5.32 Å². The lowest BCUT2D eigenvalue weighted by Crippen LogP contribution is -2.31. The maximum Gasteiger partial charge on any atom is 0.339 e. The van der Waals surface area contributed by atoms with Gasteiger partial charge in [-0.05, 0) is 24.6 Å². The molecule has 116 valence electrons. The molecule has 0 aliphatic rings. The van der Waals surface area contributed by atoms with Crippen LogP contribution in [0.2, 0.25) is 0 Å². The minimum atomic E-state index is -1.33. The summed E-state index contributed by atoms with van der Waals surface area (Å²) in [6.45, 7) is 0. The van der Waals surface area contributed by atoms with Gasteiger partial charge in [0.25, 0.3) is 0 Å². The van der Waals surface area contributed by atoms with Crippen LogP contribution in [0.1, 0.15) is 23.2 Å². The maximum atomic E-state index is 11.5. The Labute approximate surface area is 126 Å². The first-order valence-electron chi connectivity index (χ1n) is 5.66. The van der Waals surface area contributed by atoms with Gasteiger partial charge in [-0.25, -0.2) is 4.79 Å². The third kappa shape index (κ3) is 5.67. The monoisotopic (exact) mass is 318 g/mol. The second-order valence-electron chi connectivity index (χ2n) is 4.07. The molecule has 0 aliphatic carbocycles. The number of phenols is 1. The van der Waals surface area contributed by atoms with Crippen LogP contribution in [0, 0.1) is 0 Å². The third-order valence-corrected chi connectivity index (χ3v) is 2.51. The fraction of sp³-hybridized carbons (Fsp3) is 0.250. The fourth-order valence-corrected chi connectivity index (χ4v) is 1.42. The standard InChI is InChI=1S/C12H14N2O6.ClH/c13-8(12(19)20)2-4-10(16)14-6-1-3-9(15)7(5-6)11(17)18;/h1,3,5,8,15H,2,4,13H2,(H,14,16)(H,17,18)(H,19,20);1H/t8-;/m0./s1. The van der Waals surface area contributed by atoms with Gasteiger partial charge in [0.1, 0.15) is 17.4 Å². The van der Waals surface area contributed by atoms with Crippen molar-refractivity contribution >= 4 is 35.9 Å². The maximum absolute atomic E-state index is 11.5. The number of carboxylic acids is 2. The Morgan fingerprint density at radius 1 is 1.24 bits per heavy atom. The van der Waals surface area contributed by atoms with Crippen molar-refractivity contribution in [3.8, 4) is 5.75 Å². The molecule has 1 aromatic rings. The molecule has 0 fully saturated rings. The van der Waals surface area contributed by atoms with Gasteiger partial charge in [-0.1, -0.05) is 0 Å². The van der Waals surface area contributed by atoms with Crippen molar-refractivity contribution in [3.63, 3.8) is 0 Å². The summed E-state index contributed by atoms with van der Waals surface area (Å²) in [6, 6.07) is 2.45. The Kier molecular flexibility index (Phi) is 7.18. The topological polar surface area (TPSA) is 150 Å². The van der Waals surface area contributed by atoms with E-state index in [9.17, 15) is 19.5 Å². The van der Waals surface area contributed by atoms with Crippen molar-refractivity contribution in [3.05, 3.63) is 23.8 Å². The number of rotatable bonds is 6. The number of hydrogen-bond acceptors (Lipinski definition) is 5. The largest absolute Gasteiger partial charge is 0.507 e. The SMILES string of the molecule is Cl.N[C@@H](CCC(=O)Nc1ccc(O)c(C(=O)O)c1)C(=O)O. The highest BCUT2D eigenvalue weighted by molar-refractivity contribution is 5.95. The number of carbonyl (C=O) groups is 3. The number of nitrogens with one attached hydrogen (secondary N) is 1. The van der Waals surface area contributed by atoms with Crippen LogP contribution >= 0.6 is 12.4 Å². The number of hydrogen-bond donors (Lipinski definition) is 5. The molecular weight excluding hydrogens is 304 g/mol. The summed E-state index contributed by atoms with van der Waals surface area (Å²) < 4.78 is 0. The molecule has 0 heterocycles. The van der Waals surface area contributed by atoms with E-state index < -0.39 is 29.6 Å². The van der Waals surface area contributed by atoms with E-state index in [-0.39, 0.29) is 36.5 Å². The number of anilines is 1. The molecule has 1 aromatic carbocycles. The zero-order valence-corrected chi connectivity index (χ0v) is 11.6. The Bertz CT molecular complexity index is 549. The molecule has 0 unspecified atom stereocenters. The minimum absolute atomic E-state index is 0. The van der Waals surface area contributed by atoms with Gasteiger partial charge in [-0.15, -0.1) is 12.4 Å². The minimum Gasteiger partial charge on any atom is -0.507 e. The second kappa shape index (κ2) is 8.08. The predicted octanol–water partition coefficient (Wildman–Crippen LogP) is 0.643. The van der Waals surface area contributed by atoms with E-state index >= 15 is 0 Å². The summed E-state index contributed by atoms with van der Waals surface area (Å²) in [5, 5.41) is 29.1. The number of aliphatic carboxylic acids is 1. The molecule has 1 amide bonds. The average Bonchev–Trinajstić information content (AvgIpc) is 2.37. The second-order valence-corrected chi connectivity index (χ2v) is 4.07. The van der Waals surface area contributed by atoms with Crippen LogP contribution in [0.4, 0.5) is 5.69 Å². The van der Waals surface area contributed by atoms with E-state index in [0.29, 0.717) is 0 Å². The van der Waals surface area contributed by atoms with Crippen molar-refractivity contribution in [2.45, 2.75) is 18.9 Å². The lowest BCUT2D eigenvalue weighted by molar-refractivity contribution is -0.138. The average molecular weight is 319 g/mol. The molecule has 0 saturated carbocycles. The molecule has 1 rings (SSSR count). The Morgan fingerprint density at radius 3 is 2.38 bits per heavy atom. The van der Waals surface area contributed by atoms with Gasteiger partial charge >= 0.3 is 11.9 Å². The van der Waals surface area contributed by atoms with Crippen molar-refractivity contribution in [1.29, 1.82) is 0 Å². The van der Waals surface area contributed by atoms with Crippen molar-refractivity contribution in [1.82, 2.24) is 0 Å². The van der Waals surface area contributed by atoms with Crippen LogP contribution in [0.25, 0.3) is 0 Å². The quantitative estimate of drug-likeness (QED) is 0.483. The molecule has 1 atom stereocenters. The van der Waals surface area contributed by atoms with Crippen LogP contribution in [-0.4, -0.2) is 39.2 Å². The van der Waals surface area contributed by atoms with Crippen molar-refractivity contribution in [2.75, 3.05) is 5.32 Å². The van der Waals surface area contributed by atoms with E-state index in [1.165, 1.54) is 6.07 Å². The number of aromatic hydroxyl groups is 1. The zero-order valence-electron chi connectivity index (χ0n) is 10.8. The van der Waals surface area contributed by atoms with Crippen molar-refractivity contribution in [2.24, 2.45) is 5.73 Å². The highest BCUT2D eigenvalue weighted by atomic mass is 35.5. The predicted molar refractivity (Wildman–Crippen MR) is 75.8 cm³/mol. The molecule has 8 nitrogen and oxygen atoms in total. The highest BCUT2D eigenvalue weighted by Gasteiger charge is 2.15. The van der Waals surface area contributed by atoms with Crippen molar-refractivity contribution < 1.29 is 29.7 Å². The number of benzene rings is 1. The lowest BCUT2D eigenvalue weighted by atomic mass is 10.1. The first-order chi connectivity index (χ1) is 9.31. The number of amides is 1. The van der Waals surface area contributed by atoms with Gasteiger partial charge in [0.2, 0.25) is 5.91 Å². The number of halogens is 1. The summed E-state index contributed by atoms with van der Waals surface area (Å²) >= 11 is 0. The van der Waals surface area contributed by atoms with Crippen LogP contribution < -0.4 is 11.1 Å². The van der Waals surface area contributed by atoms with Crippen LogP contribution in [-0.2, 0) is 9.59 Å². The Morgan fingerprint density at radius 2 is 1.86 bits per heavy atom. The van der Waals surface area contributed by atoms with E-state index in [0.717, 1.165) is 12.1 Å². The summed E-state index contributed by atoms with van der Waals surface area (Å²) in [5.74, 6) is -3.44. The molecule has 9 heteroatoms. The Balaban J connectivity index is 0.00000400. The van der Waals surface area contributed by atoms with Gasteiger partial charge < -0.3 is 26.4 Å². The summed E-state index contributed by atoms with van der Waals surface area (Å²) in [7, 11) is 0. The third-order valence-electron chi connectivity index (χ3n) is 2.51. The van der Waals surface area contributed by atoms with E-state index in [1.54, 1.807) is 0 Å². The number of carbonyl (C=O) groups excluding carboxylic acids is 1. The van der Waals surface area contributed by atoms with Crippen LogP contribution in [0.15, 0.2) is 18.2 Å². The van der Waals surface area contributed by atoms with E-state index in [1.807, 2.05) is 0 Å².